The molecule has 1 aromatic carbocycles. The zero-order valence-electron chi connectivity index (χ0n) is 12.8. The van der Waals surface area contributed by atoms with Crippen molar-refractivity contribution in [3.63, 3.8) is 0 Å². The van der Waals surface area contributed by atoms with Gasteiger partial charge in [0.2, 0.25) is 11.7 Å². The number of carbonyl (C=O) groups is 1. The topological polar surface area (TPSA) is 77.3 Å². The van der Waals surface area contributed by atoms with Gasteiger partial charge in [-0.2, -0.15) is 4.98 Å². The number of nitrogens with one attached hydrogen (secondary N) is 1. The fourth-order valence-corrected chi connectivity index (χ4v) is 2.50. The molecule has 0 saturated carbocycles. The number of carbonyl (C=O) groups excluding carboxylic acids is 1. The number of ether oxygens (including phenoxy) is 1. The van der Waals surface area contributed by atoms with Gasteiger partial charge in [0.15, 0.2) is 0 Å². The Morgan fingerprint density at radius 3 is 2.83 bits per heavy atom. The minimum atomic E-state index is -0.794. The van der Waals surface area contributed by atoms with E-state index in [1.54, 1.807) is 19.1 Å². The first-order valence-corrected chi connectivity index (χ1v) is 7.58. The zero-order chi connectivity index (χ0) is 16.3. The maximum Gasteiger partial charge on any atom is 0.252 e. The van der Waals surface area contributed by atoms with Gasteiger partial charge in [0.1, 0.15) is 11.4 Å². The molecule has 1 atom stereocenters. The van der Waals surface area contributed by atoms with Crippen LogP contribution in [0.25, 0.3) is 11.4 Å². The third-order valence-electron chi connectivity index (χ3n) is 3.92. The van der Waals surface area contributed by atoms with E-state index in [-0.39, 0.29) is 24.2 Å². The van der Waals surface area contributed by atoms with Crippen LogP contribution in [0.5, 0.6) is 0 Å². The Labute approximate surface area is 133 Å². The van der Waals surface area contributed by atoms with Gasteiger partial charge in [-0.3, -0.25) is 4.79 Å². The first-order valence-electron chi connectivity index (χ1n) is 7.58. The van der Waals surface area contributed by atoms with Crippen LogP contribution in [0.2, 0.25) is 0 Å². The van der Waals surface area contributed by atoms with Gasteiger partial charge >= 0.3 is 0 Å². The van der Waals surface area contributed by atoms with Crippen molar-refractivity contribution in [2.24, 2.45) is 0 Å². The molecular formula is C16H18FN3O3. The summed E-state index contributed by atoms with van der Waals surface area (Å²) in [5.74, 6) is 0.135. The second kappa shape index (κ2) is 6.45. The fourth-order valence-electron chi connectivity index (χ4n) is 2.50. The molecule has 0 spiro atoms. The smallest absolute Gasteiger partial charge is 0.252 e. The minimum absolute atomic E-state index is 0.131. The van der Waals surface area contributed by atoms with Crippen LogP contribution in [0.15, 0.2) is 28.8 Å². The molecule has 6 nitrogen and oxygen atoms in total. The van der Waals surface area contributed by atoms with E-state index in [0.717, 1.165) is 12.8 Å². The second-order valence-electron chi connectivity index (χ2n) is 5.74. The first kappa shape index (κ1) is 15.6. The van der Waals surface area contributed by atoms with Gasteiger partial charge in [-0.05, 0) is 50.5 Å². The first-order chi connectivity index (χ1) is 11.1. The molecule has 1 unspecified atom stereocenters. The highest BCUT2D eigenvalue weighted by molar-refractivity contribution is 5.84. The quantitative estimate of drug-likeness (QED) is 0.936. The number of benzene rings is 1. The molecule has 1 aliphatic rings. The number of rotatable bonds is 4. The number of amides is 1. The molecule has 1 aliphatic heterocycles. The van der Waals surface area contributed by atoms with Gasteiger partial charge < -0.3 is 14.6 Å². The molecule has 0 radical (unpaired) electrons. The van der Waals surface area contributed by atoms with Crippen molar-refractivity contribution in [1.82, 2.24) is 15.5 Å². The normalized spacial score (nSPS) is 21.1. The largest absolute Gasteiger partial charge is 0.365 e. The van der Waals surface area contributed by atoms with Gasteiger partial charge in [-0.25, -0.2) is 4.39 Å². The lowest BCUT2D eigenvalue weighted by Crippen LogP contribution is -2.48. The average molecular weight is 319 g/mol. The van der Waals surface area contributed by atoms with Crippen molar-refractivity contribution in [2.45, 2.75) is 38.3 Å². The van der Waals surface area contributed by atoms with Crippen LogP contribution in [0.1, 0.15) is 32.1 Å². The summed E-state index contributed by atoms with van der Waals surface area (Å²) in [7, 11) is 0. The van der Waals surface area contributed by atoms with Crippen LogP contribution in [0.4, 0.5) is 4.39 Å². The Hall–Kier alpha value is -2.28. The maximum absolute atomic E-state index is 12.9. The summed E-state index contributed by atoms with van der Waals surface area (Å²) >= 11 is 0. The van der Waals surface area contributed by atoms with Crippen molar-refractivity contribution in [3.8, 4) is 11.4 Å². The van der Waals surface area contributed by atoms with Crippen molar-refractivity contribution in [2.75, 3.05) is 6.61 Å². The number of hydrogen-bond acceptors (Lipinski definition) is 5. The number of hydrogen-bond donors (Lipinski definition) is 1. The molecule has 23 heavy (non-hydrogen) atoms. The summed E-state index contributed by atoms with van der Waals surface area (Å²) in [6.07, 6.45) is 2.65. The molecule has 2 aromatic rings. The maximum atomic E-state index is 12.9. The molecule has 0 aliphatic carbocycles. The van der Waals surface area contributed by atoms with Crippen LogP contribution in [-0.4, -0.2) is 28.3 Å². The highest BCUT2D eigenvalue weighted by atomic mass is 19.1. The van der Waals surface area contributed by atoms with E-state index in [0.29, 0.717) is 24.4 Å². The highest BCUT2D eigenvalue weighted by Gasteiger charge is 2.35. The summed E-state index contributed by atoms with van der Waals surface area (Å²) in [5.41, 5.74) is -0.145. The summed E-state index contributed by atoms with van der Waals surface area (Å²) < 4.78 is 23.6. The van der Waals surface area contributed by atoms with Gasteiger partial charge in [-0.15, -0.1) is 0 Å². The van der Waals surface area contributed by atoms with E-state index in [9.17, 15) is 9.18 Å². The molecule has 1 amide bonds. The molecule has 0 bridgehead atoms. The number of aromatic nitrogens is 2. The van der Waals surface area contributed by atoms with Crippen LogP contribution in [-0.2, 0) is 16.1 Å². The number of halogens is 1. The molecule has 1 fully saturated rings. The van der Waals surface area contributed by atoms with Crippen molar-refractivity contribution >= 4 is 5.91 Å². The summed E-state index contributed by atoms with van der Waals surface area (Å²) in [6, 6.07) is 5.79. The van der Waals surface area contributed by atoms with Crippen molar-refractivity contribution in [3.05, 3.63) is 36.0 Å². The van der Waals surface area contributed by atoms with E-state index in [2.05, 4.69) is 15.5 Å². The van der Waals surface area contributed by atoms with Crippen molar-refractivity contribution < 1.29 is 18.4 Å². The zero-order valence-corrected chi connectivity index (χ0v) is 12.8. The van der Waals surface area contributed by atoms with E-state index in [1.807, 2.05) is 0 Å². The molecule has 1 saturated heterocycles. The molecule has 7 heteroatoms. The van der Waals surface area contributed by atoms with Gasteiger partial charge in [0.05, 0.1) is 6.54 Å². The molecule has 2 heterocycles. The second-order valence-corrected chi connectivity index (χ2v) is 5.74. The SMILES string of the molecule is CC1(C(=O)NCc2nc(-c3ccc(F)cc3)no2)CCCCO1. The Kier molecular flexibility index (Phi) is 4.38. The van der Waals surface area contributed by atoms with Crippen LogP contribution in [0, 0.1) is 5.82 Å². The predicted octanol–water partition coefficient (Wildman–Crippen LogP) is 2.45. The standard InChI is InChI=1S/C16H18FN3O3/c1-16(8-2-3-9-22-16)15(21)18-10-13-19-14(20-23-13)11-4-6-12(17)7-5-11/h4-7H,2-3,8-10H2,1H3,(H,18,21). The Bertz CT molecular complexity index is 678. The Balaban J connectivity index is 1.61. The lowest BCUT2D eigenvalue weighted by molar-refractivity contribution is -0.150. The Morgan fingerprint density at radius 1 is 1.35 bits per heavy atom. The lowest BCUT2D eigenvalue weighted by Gasteiger charge is -2.32. The van der Waals surface area contributed by atoms with Crippen molar-refractivity contribution in [1.29, 1.82) is 0 Å². The fraction of sp³-hybridized carbons (Fsp3) is 0.438. The van der Waals surface area contributed by atoms with E-state index < -0.39 is 5.60 Å². The molecule has 122 valence electrons. The average Bonchev–Trinajstić information content (AvgIpc) is 3.03. The van der Waals surface area contributed by atoms with Crippen LogP contribution < -0.4 is 5.32 Å². The molecule has 1 N–H and O–H groups in total. The van der Waals surface area contributed by atoms with Gasteiger partial charge in [-0.1, -0.05) is 5.16 Å². The van der Waals surface area contributed by atoms with E-state index in [1.165, 1.54) is 12.1 Å². The third kappa shape index (κ3) is 3.56. The van der Waals surface area contributed by atoms with E-state index in [4.69, 9.17) is 9.26 Å². The minimum Gasteiger partial charge on any atom is -0.365 e. The molecular weight excluding hydrogens is 301 g/mol. The summed E-state index contributed by atoms with van der Waals surface area (Å²) in [6.45, 7) is 2.52. The van der Waals surface area contributed by atoms with Gasteiger partial charge in [0, 0.05) is 12.2 Å². The van der Waals surface area contributed by atoms with Gasteiger partial charge in [0.25, 0.3) is 5.91 Å². The van der Waals surface area contributed by atoms with Crippen LogP contribution in [0.3, 0.4) is 0 Å². The summed E-state index contributed by atoms with van der Waals surface area (Å²) in [4.78, 5) is 16.4. The van der Waals surface area contributed by atoms with Crippen LogP contribution >= 0.6 is 0 Å². The Morgan fingerprint density at radius 2 is 2.13 bits per heavy atom. The predicted molar refractivity (Wildman–Crippen MR) is 79.7 cm³/mol. The summed E-state index contributed by atoms with van der Waals surface area (Å²) in [5, 5.41) is 6.60. The number of nitrogens with zero attached hydrogens (tertiary/aromatic N) is 2. The third-order valence-corrected chi connectivity index (χ3v) is 3.92. The molecule has 3 rings (SSSR count). The van der Waals surface area contributed by atoms with E-state index >= 15 is 0 Å². The highest BCUT2D eigenvalue weighted by Crippen LogP contribution is 2.24. The molecule has 1 aromatic heterocycles. The lowest BCUT2D eigenvalue weighted by atomic mass is 9.95. The monoisotopic (exact) mass is 319 g/mol.